The highest BCUT2D eigenvalue weighted by Crippen LogP contribution is 2.21. The van der Waals surface area contributed by atoms with Crippen molar-refractivity contribution < 1.29 is 0 Å². The first-order valence-corrected chi connectivity index (χ1v) is 2.99. The number of hydrogen-bond acceptors (Lipinski definition) is 2. The molecular formula is C8H4N2. The maximum Gasteiger partial charge on any atom is 0.0998 e. The molecule has 0 amide bonds. The van der Waals surface area contributed by atoms with Gasteiger partial charge in [-0.2, -0.15) is 5.26 Å². The third-order valence-electron chi connectivity index (χ3n) is 1.55. The van der Waals surface area contributed by atoms with Gasteiger partial charge in [0.05, 0.1) is 17.4 Å². The fourth-order valence-electron chi connectivity index (χ4n) is 1.06. The van der Waals surface area contributed by atoms with Gasteiger partial charge in [0.15, 0.2) is 0 Å². The number of nitrogens with zero attached hydrogens (tertiary/aromatic N) is 2. The van der Waals surface area contributed by atoms with Crippen LogP contribution in [0.4, 0.5) is 0 Å². The standard InChI is InChI=1S/C8H4N2/c9-5-6-1-2-8-7(6)3-4-10-8/h1-4H. The summed E-state index contributed by atoms with van der Waals surface area (Å²) < 4.78 is 0. The fraction of sp³-hybridized carbons (Fsp3) is 0. The van der Waals surface area contributed by atoms with Gasteiger partial charge in [-0.05, 0) is 18.2 Å². The molecule has 1 heterocycles. The summed E-state index contributed by atoms with van der Waals surface area (Å²) in [4.78, 5) is 4.04. The van der Waals surface area contributed by atoms with Gasteiger partial charge in [0.1, 0.15) is 0 Å². The highest BCUT2D eigenvalue weighted by molar-refractivity contribution is 6.16. The van der Waals surface area contributed by atoms with Gasteiger partial charge in [-0.25, -0.2) is 0 Å². The van der Waals surface area contributed by atoms with E-state index in [1.54, 1.807) is 12.3 Å². The number of hydrogen-bond donors (Lipinski definition) is 0. The average Bonchev–Trinajstić information content (AvgIpc) is 2.44. The first kappa shape index (κ1) is 5.19. The molecule has 0 aromatic carbocycles. The van der Waals surface area contributed by atoms with Crippen molar-refractivity contribution >= 4 is 5.71 Å². The largest absolute Gasteiger partial charge is 0.256 e. The zero-order valence-electron chi connectivity index (χ0n) is 5.20. The SMILES string of the molecule is N#CC1=C2C=CN=C2C=C1. The second-order valence-electron chi connectivity index (χ2n) is 2.10. The summed E-state index contributed by atoms with van der Waals surface area (Å²) in [6.07, 6.45) is 7.21. The van der Waals surface area contributed by atoms with Gasteiger partial charge >= 0.3 is 0 Å². The Labute approximate surface area is 58.5 Å². The van der Waals surface area contributed by atoms with Crippen molar-refractivity contribution in [2.75, 3.05) is 0 Å². The highest BCUT2D eigenvalue weighted by atomic mass is 14.7. The lowest BCUT2D eigenvalue weighted by Gasteiger charge is -1.86. The van der Waals surface area contributed by atoms with E-state index >= 15 is 0 Å². The van der Waals surface area contributed by atoms with Crippen LogP contribution in [0.25, 0.3) is 0 Å². The van der Waals surface area contributed by atoms with Crippen LogP contribution in [0.3, 0.4) is 0 Å². The Balaban J connectivity index is 2.62. The summed E-state index contributed by atoms with van der Waals surface area (Å²) in [6.45, 7) is 0. The molecule has 0 unspecified atom stereocenters. The molecule has 0 N–H and O–H groups in total. The highest BCUT2D eigenvalue weighted by Gasteiger charge is 2.14. The molecule has 46 valence electrons. The van der Waals surface area contributed by atoms with Gasteiger partial charge in [0, 0.05) is 11.8 Å². The van der Waals surface area contributed by atoms with Gasteiger partial charge in [-0.15, -0.1) is 0 Å². The summed E-state index contributed by atoms with van der Waals surface area (Å²) in [7, 11) is 0. The lowest BCUT2D eigenvalue weighted by Crippen LogP contribution is -1.87. The Kier molecular flexibility index (Phi) is 0.870. The Bertz CT molecular complexity index is 335. The predicted octanol–water partition coefficient (Wildman–Crippen LogP) is 1.34. The molecule has 2 nitrogen and oxygen atoms in total. The number of allylic oxidation sites excluding steroid dienone is 5. The van der Waals surface area contributed by atoms with Gasteiger partial charge in [-0.3, -0.25) is 4.99 Å². The van der Waals surface area contributed by atoms with Crippen LogP contribution in [0.15, 0.2) is 40.6 Å². The minimum Gasteiger partial charge on any atom is -0.256 e. The van der Waals surface area contributed by atoms with E-state index in [0.717, 1.165) is 11.3 Å². The minimum atomic E-state index is 0.715. The van der Waals surface area contributed by atoms with Crippen molar-refractivity contribution in [2.45, 2.75) is 0 Å². The number of rotatable bonds is 0. The van der Waals surface area contributed by atoms with E-state index in [1.165, 1.54) is 0 Å². The molecule has 1 aliphatic carbocycles. The van der Waals surface area contributed by atoms with Crippen LogP contribution in [0.5, 0.6) is 0 Å². The van der Waals surface area contributed by atoms with Crippen LogP contribution in [0.2, 0.25) is 0 Å². The average molecular weight is 128 g/mol. The van der Waals surface area contributed by atoms with Crippen molar-refractivity contribution in [1.82, 2.24) is 0 Å². The van der Waals surface area contributed by atoms with Crippen LogP contribution in [0, 0.1) is 11.3 Å². The summed E-state index contributed by atoms with van der Waals surface area (Å²) in [5.41, 5.74) is 2.59. The molecule has 0 aromatic heterocycles. The summed E-state index contributed by atoms with van der Waals surface area (Å²) in [5, 5.41) is 8.57. The van der Waals surface area contributed by atoms with Crippen molar-refractivity contribution in [3.05, 3.63) is 35.6 Å². The van der Waals surface area contributed by atoms with E-state index in [1.807, 2.05) is 12.2 Å². The van der Waals surface area contributed by atoms with Crippen LogP contribution in [-0.2, 0) is 0 Å². The summed E-state index contributed by atoms with van der Waals surface area (Å²) in [5.74, 6) is 0. The Morgan fingerprint density at radius 2 is 2.20 bits per heavy atom. The molecule has 2 rings (SSSR count). The number of aliphatic imine (C=N–C) groups is 1. The number of nitriles is 1. The first-order chi connectivity index (χ1) is 4.92. The van der Waals surface area contributed by atoms with Crippen molar-refractivity contribution in [2.24, 2.45) is 4.99 Å². The van der Waals surface area contributed by atoms with E-state index in [-0.39, 0.29) is 0 Å². The summed E-state index contributed by atoms with van der Waals surface area (Å²) >= 11 is 0. The van der Waals surface area contributed by atoms with E-state index in [2.05, 4.69) is 11.1 Å². The number of fused-ring (bicyclic) bond motifs is 1. The quantitative estimate of drug-likeness (QED) is 0.485. The zero-order chi connectivity index (χ0) is 6.97. The molecule has 0 aromatic rings. The van der Waals surface area contributed by atoms with Crippen molar-refractivity contribution in [3.63, 3.8) is 0 Å². The van der Waals surface area contributed by atoms with E-state index < -0.39 is 0 Å². The predicted molar refractivity (Wildman–Crippen MR) is 38.4 cm³/mol. The third kappa shape index (κ3) is 0.492. The van der Waals surface area contributed by atoms with Crippen LogP contribution in [-0.4, -0.2) is 5.71 Å². The van der Waals surface area contributed by atoms with E-state index in [9.17, 15) is 0 Å². The van der Waals surface area contributed by atoms with Crippen LogP contribution < -0.4 is 0 Å². The van der Waals surface area contributed by atoms with E-state index in [0.29, 0.717) is 5.57 Å². The molecule has 0 bridgehead atoms. The molecule has 0 saturated heterocycles. The van der Waals surface area contributed by atoms with Gasteiger partial charge in [0.25, 0.3) is 0 Å². The Hall–Kier alpha value is -1.62. The van der Waals surface area contributed by atoms with Crippen LogP contribution >= 0.6 is 0 Å². The monoisotopic (exact) mass is 128 g/mol. The van der Waals surface area contributed by atoms with Crippen LogP contribution in [0.1, 0.15) is 0 Å². The minimum absolute atomic E-state index is 0.715. The van der Waals surface area contributed by atoms with Crippen molar-refractivity contribution in [1.29, 1.82) is 5.26 Å². The normalized spacial score (nSPS) is 19.3. The second-order valence-corrected chi connectivity index (χ2v) is 2.10. The van der Waals surface area contributed by atoms with Gasteiger partial charge < -0.3 is 0 Å². The molecule has 2 aliphatic rings. The topological polar surface area (TPSA) is 36.1 Å². The summed E-state index contributed by atoms with van der Waals surface area (Å²) in [6, 6.07) is 2.10. The molecule has 0 fully saturated rings. The molecule has 0 spiro atoms. The fourth-order valence-corrected chi connectivity index (χ4v) is 1.06. The Morgan fingerprint density at radius 3 is 3.00 bits per heavy atom. The molecular weight excluding hydrogens is 124 g/mol. The van der Waals surface area contributed by atoms with Gasteiger partial charge in [-0.1, -0.05) is 0 Å². The maximum absolute atomic E-state index is 8.57. The molecule has 10 heavy (non-hydrogen) atoms. The molecule has 0 atom stereocenters. The molecule has 1 aliphatic heterocycles. The lowest BCUT2D eigenvalue weighted by atomic mass is 10.1. The lowest BCUT2D eigenvalue weighted by molar-refractivity contribution is 1.50. The molecule has 0 radical (unpaired) electrons. The third-order valence-corrected chi connectivity index (χ3v) is 1.55. The van der Waals surface area contributed by atoms with E-state index in [4.69, 9.17) is 5.26 Å². The second kappa shape index (κ2) is 1.68. The maximum atomic E-state index is 8.57. The van der Waals surface area contributed by atoms with Gasteiger partial charge in [0.2, 0.25) is 0 Å². The molecule has 2 heteroatoms. The molecule has 0 saturated carbocycles. The smallest absolute Gasteiger partial charge is 0.0998 e. The first-order valence-electron chi connectivity index (χ1n) is 2.99. The van der Waals surface area contributed by atoms with Crippen molar-refractivity contribution in [3.8, 4) is 6.07 Å². The Morgan fingerprint density at radius 1 is 1.30 bits per heavy atom. The zero-order valence-corrected chi connectivity index (χ0v) is 5.20.